The van der Waals surface area contributed by atoms with E-state index in [9.17, 15) is 18.5 Å². The fraction of sp³-hybridized carbons (Fsp3) is 0.280. The average molecular weight is 562 g/mol. The summed E-state index contributed by atoms with van der Waals surface area (Å²) in [5.41, 5.74) is 0.234. The second kappa shape index (κ2) is 9.53. The summed E-state index contributed by atoms with van der Waals surface area (Å²) in [7, 11) is -1.25. The molecule has 1 heterocycles. The molecular weight excluding hydrogens is 535 g/mol. The van der Waals surface area contributed by atoms with Gasteiger partial charge in [0.2, 0.25) is 0 Å². The van der Waals surface area contributed by atoms with Gasteiger partial charge >= 0.3 is 212 Å². The van der Waals surface area contributed by atoms with E-state index in [0.717, 1.165) is 10.0 Å². The number of hydrogen-bond donors (Lipinski definition) is 0. The van der Waals surface area contributed by atoms with Crippen LogP contribution in [0.1, 0.15) is 19.4 Å². The average Bonchev–Trinajstić information content (AvgIpc) is 2.85. The number of anilines is 1. The number of nitrogens with zero attached hydrogens (tertiary/aromatic N) is 2. The Bertz CT molecular complexity index is 1360. The zero-order valence-corrected chi connectivity index (χ0v) is 22.3. The van der Waals surface area contributed by atoms with Gasteiger partial charge in [-0.05, 0) is 0 Å². The van der Waals surface area contributed by atoms with Gasteiger partial charge in [-0.3, -0.25) is 0 Å². The summed E-state index contributed by atoms with van der Waals surface area (Å²) in [5.74, 6) is 0.951. The van der Waals surface area contributed by atoms with Crippen LogP contribution in [0.15, 0.2) is 71.6 Å². The Morgan fingerprint density at radius 1 is 1.03 bits per heavy atom. The summed E-state index contributed by atoms with van der Waals surface area (Å²) in [6.07, 6.45) is 0. The number of nitro benzene ring substituents is 1. The van der Waals surface area contributed by atoms with Crippen LogP contribution in [0, 0.1) is 10.1 Å². The summed E-state index contributed by atoms with van der Waals surface area (Å²) in [4.78, 5) is 10.6. The summed E-state index contributed by atoms with van der Waals surface area (Å²) in [5, 5.41) is 11.7. The Hall–Kier alpha value is -3.07. The molecule has 3 aromatic rings. The number of ether oxygens (including phenoxy) is 2. The molecule has 35 heavy (non-hydrogen) atoms. The van der Waals surface area contributed by atoms with Crippen LogP contribution < -0.4 is 18.2 Å². The Kier molecular flexibility index (Phi) is 6.81. The van der Waals surface area contributed by atoms with E-state index in [4.69, 9.17) is 9.47 Å². The molecule has 0 aromatic heterocycles. The first-order valence-corrected chi connectivity index (χ1v) is 14.1. The van der Waals surface area contributed by atoms with Crippen molar-refractivity contribution in [2.45, 2.75) is 29.0 Å². The zero-order chi connectivity index (χ0) is 25.4. The molecule has 1 atom stereocenters. The number of fused-ring (bicyclic) bond motifs is 1. The molecule has 0 N–H and O–H groups in total. The molecule has 0 bridgehead atoms. The van der Waals surface area contributed by atoms with E-state index in [0.29, 0.717) is 17.2 Å². The molecule has 4 rings (SSSR count). The number of hydrogen-bond acceptors (Lipinski definition) is 6. The van der Waals surface area contributed by atoms with Crippen molar-refractivity contribution >= 4 is 40.8 Å². The fourth-order valence-electron chi connectivity index (χ4n) is 4.36. The van der Waals surface area contributed by atoms with Crippen molar-refractivity contribution < 1.29 is 22.8 Å². The third-order valence-corrected chi connectivity index (χ3v) is 11.3. The van der Waals surface area contributed by atoms with Crippen molar-refractivity contribution in [3.05, 3.63) is 82.4 Å². The van der Waals surface area contributed by atoms with Crippen molar-refractivity contribution in [2.75, 3.05) is 25.1 Å². The van der Waals surface area contributed by atoms with Gasteiger partial charge in [-0.15, -0.1) is 0 Å². The van der Waals surface area contributed by atoms with Crippen LogP contribution in [0.5, 0.6) is 11.5 Å². The van der Waals surface area contributed by atoms with Crippen molar-refractivity contribution in [1.82, 2.24) is 0 Å². The van der Waals surface area contributed by atoms with Crippen molar-refractivity contribution in [2.24, 2.45) is 0 Å². The third kappa shape index (κ3) is 4.49. The molecule has 0 aliphatic carbocycles. The van der Waals surface area contributed by atoms with Crippen LogP contribution in [0.3, 0.4) is 0 Å². The van der Waals surface area contributed by atoms with Crippen LogP contribution in [0.4, 0.5) is 11.4 Å². The quantitative estimate of drug-likeness (QED) is 0.247. The van der Waals surface area contributed by atoms with E-state index in [1.165, 1.54) is 42.8 Å². The Morgan fingerprint density at radius 3 is 2.31 bits per heavy atom. The summed E-state index contributed by atoms with van der Waals surface area (Å²) in [6.45, 7) is 4.34. The van der Waals surface area contributed by atoms with Gasteiger partial charge in [-0.1, -0.05) is 0 Å². The second-order valence-electron chi connectivity index (χ2n) is 8.63. The number of para-hydroxylation sites is 1. The SMILES string of the molecule is COc1cc(OC)c2c(c1)N(S(=O)(=O)c1ccccc1[N+](=O)[O-])CC([Se]c1ccccc1)C2(C)C. The molecule has 0 spiro atoms. The minimum absolute atomic E-state index is 0.0789. The van der Waals surface area contributed by atoms with E-state index in [1.807, 2.05) is 30.3 Å². The monoisotopic (exact) mass is 562 g/mol. The predicted molar refractivity (Wildman–Crippen MR) is 136 cm³/mol. The molecule has 8 nitrogen and oxygen atoms in total. The maximum atomic E-state index is 14.0. The van der Waals surface area contributed by atoms with Crippen LogP contribution >= 0.6 is 0 Å². The third-order valence-electron chi connectivity index (χ3n) is 6.21. The number of methoxy groups -OCH3 is 2. The van der Waals surface area contributed by atoms with E-state index in [2.05, 4.69) is 13.8 Å². The Balaban J connectivity index is 1.96. The molecule has 184 valence electrons. The van der Waals surface area contributed by atoms with Crippen LogP contribution in [-0.2, 0) is 15.4 Å². The predicted octanol–water partition coefficient (Wildman–Crippen LogP) is 3.92. The number of sulfonamides is 1. The van der Waals surface area contributed by atoms with Gasteiger partial charge in [0.25, 0.3) is 0 Å². The molecule has 0 amide bonds. The molecule has 0 saturated carbocycles. The van der Waals surface area contributed by atoms with Gasteiger partial charge in [-0.25, -0.2) is 0 Å². The van der Waals surface area contributed by atoms with Crippen molar-refractivity contribution in [1.29, 1.82) is 0 Å². The van der Waals surface area contributed by atoms with E-state index in [-0.39, 0.29) is 31.2 Å². The van der Waals surface area contributed by atoms with Crippen LogP contribution in [0.2, 0.25) is 4.82 Å². The van der Waals surface area contributed by atoms with Crippen LogP contribution in [-0.4, -0.2) is 49.1 Å². The summed E-state index contributed by atoms with van der Waals surface area (Å²) < 4.78 is 41.6. The first-order chi connectivity index (χ1) is 16.6. The molecule has 1 unspecified atom stereocenters. The maximum absolute atomic E-state index is 14.0. The first-order valence-electron chi connectivity index (χ1n) is 10.9. The summed E-state index contributed by atoms with van der Waals surface area (Å²) >= 11 is -0.0935. The standard InChI is InChI=1S/C25H26N2O6SSe/c1-25(2)23(35-18-10-6-5-7-11-18)16-26(20-14-17(32-3)15-21(33-4)24(20)25)34(30,31)22-13-9-8-12-19(22)27(28)29/h5-15,23H,16H2,1-4H3. The molecule has 1 aliphatic heterocycles. The topological polar surface area (TPSA) is 99.0 Å². The molecule has 3 aromatic carbocycles. The molecule has 10 heteroatoms. The van der Waals surface area contributed by atoms with Crippen molar-refractivity contribution in [3.8, 4) is 11.5 Å². The second-order valence-corrected chi connectivity index (χ2v) is 13.1. The Morgan fingerprint density at radius 2 is 1.69 bits per heavy atom. The fourth-order valence-corrected chi connectivity index (χ4v) is 8.90. The minimum atomic E-state index is -4.29. The zero-order valence-electron chi connectivity index (χ0n) is 19.8. The van der Waals surface area contributed by atoms with E-state index in [1.54, 1.807) is 12.1 Å². The first kappa shape index (κ1) is 25.0. The van der Waals surface area contributed by atoms with Crippen molar-refractivity contribution in [3.63, 3.8) is 0 Å². The molecule has 0 saturated heterocycles. The normalized spacial score (nSPS) is 16.9. The number of benzene rings is 3. The molecule has 0 fully saturated rings. The molecular formula is C25H26N2O6SSe. The number of rotatable bonds is 7. The van der Waals surface area contributed by atoms with E-state index < -0.39 is 26.0 Å². The van der Waals surface area contributed by atoms with Gasteiger partial charge in [0.05, 0.1) is 0 Å². The van der Waals surface area contributed by atoms with Gasteiger partial charge in [-0.2, -0.15) is 0 Å². The van der Waals surface area contributed by atoms with Gasteiger partial charge in [0.1, 0.15) is 0 Å². The van der Waals surface area contributed by atoms with Crippen LogP contribution in [0.25, 0.3) is 0 Å². The Labute approximate surface area is 211 Å². The van der Waals surface area contributed by atoms with E-state index >= 15 is 0 Å². The summed E-state index contributed by atoms with van der Waals surface area (Å²) in [6, 6.07) is 18.8. The molecule has 0 radical (unpaired) electrons. The molecule has 1 aliphatic rings. The van der Waals surface area contributed by atoms with Gasteiger partial charge < -0.3 is 0 Å². The number of nitro groups is 1. The van der Waals surface area contributed by atoms with Gasteiger partial charge in [0.15, 0.2) is 0 Å². The van der Waals surface area contributed by atoms with Gasteiger partial charge in [0, 0.05) is 0 Å².